The van der Waals surface area contributed by atoms with Crippen LogP contribution in [0.25, 0.3) is 0 Å². The average Bonchev–Trinajstić information content (AvgIpc) is 2.37. The molecular formula is C14H29N3O. The highest BCUT2D eigenvalue weighted by Gasteiger charge is 2.29. The molecule has 2 rings (SSSR count). The van der Waals surface area contributed by atoms with Crippen molar-refractivity contribution in [2.75, 3.05) is 53.0 Å². The third-order valence-electron chi connectivity index (χ3n) is 4.48. The Balaban J connectivity index is 1.83. The molecule has 106 valence electrons. The molecule has 4 heteroatoms. The molecule has 0 spiro atoms. The zero-order valence-corrected chi connectivity index (χ0v) is 12.2. The van der Waals surface area contributed by atoms with Crippen LogP contribution in [0, 0.1) is 5.92 Å². The van der Waals surface area contributed by atoms with E-state index in [4.69, 9.17) is 4.74 Å². The van der Waals surface area contributed by atoms with E-state index in [1.165, 1.54) is 32.6 Å². The molecule has 18 heavy (non-hydrogen) atoms. The lowest BCUT2D eigenvalue weighted by atomic mass is 9.94. The summed E-state index contributed by atoms with van der Waals surface area (Å²) in [5.41, 5.74) is 0. The molecule has 0 saturated carbocycles. The number of nitrogens with one attached hydrogen (secondary N) is 1. The minimum absolute atomic E-state index is 0.652. The number of hydrogen-bond donors (Lipinski definition) is 1. The predicted molar refractivity (Wildman–Crippen MR) is 74.9 cm³/mol. The van der Waals surface area contributed by atoms with Crippen molar-refractivity contribution in [3.63, 3.8) is 0 Å². The lowest BCUT2D eigenvalue weighted by molar-refractivity contribution is 0.00485. The maximum atomic E-state index is 5.67. The monoisotopic (exact) mass is 255 g/mol. The summed E-state index contributed by atoms with van der Waals surface area (Å²) in [6.07, 6.45) is 1.17. The molecule has 0 bridgehead atoms. The zero-order chi connectivity index (χ0) is 13.0. The first-order chi connectivity index (χ1) is 8.70. The third kappa shape index (κ3) is 3.67. The fourth-order valence-electron chi connectivity index (χ4n) is 3.13. The van der Waals surface area contributed by atoms with Crippen LogP contribution in [0.2, 0.25) is 0 Å². The van der Waals surface area contributed by atoms with E-state index in [1.54, 1.807) is 0 Å². The molecule has 2 saturated heterocycles. The quantitative estimate of drug-likeness (QED) is 0.798. The van der Waals surface area contributed by atoms with E-state index in [1.807, 2.05) is 0 Å². The van der Waals surface area contributed by atoms with Crippen LogP contribution in [0.15, 0.2) is 0 Å². The van der Waals surface area contributed by atoms with Gasteiger partial charge < -0.3 is 19.9 Å². The van der Waals surface area contributed by atoms with Crippen LogP contribution < -0.4 is 5.32 Å². The first-order valence-electron chi connectivity index (χ1n) is 7.44. The molecule has 3 atom stereocenters. The van der Waals surface area contributed by atoms with Crippen molar-refractivity contribution in [2.45, 2.75) is 32.4 Å². The van der Waals surface area contributed by atoms with Gasteiger partial charge in [-0.15, -0.1) is 0 Å². The second-order valence-electron chi connectivity index (χ2n) is 5.88. The van der Waals surface area contributed by atoms with Gasteiger partial charge in [-0.05, 0) is 26.9 Å². The lowest BCUT2D eigenvalue weighted by Gasteiger charge is -2.41. The van der Waals surface area contributed by atoms with Gasteiger partial charge in [-0.3, -0.25) is 0 Å². The number of piperazine rings is 1. The molecule has 2 aliphatic rings. The SMILES string of the molecule is CCNC1CCOCC1CN1CCN(C)C(C)C1. The molecule has 0 aromatic heterocycles. The largest absolute Gasteiger partial charge is 0.381 e. The lowest BCUT2D eigenvalue weighted by Crippen LogP contribution is -2.54. The Labute approximate surface area is 112 Å². The van der Waals surface area contributed by atoms with Crippen LogP contribution in [0.1, 0.15) is 20.3 Å². The van der Waals surface area contributed by atoms with Gasteiger partial charge in [-0.1, -0.05) is 6.92 Å². The van der Waals surface area contributed by atoms with Gasteiger partial charge in [-0.2, -0.15) is 0 Å². The van der Waals surface area contributed by atoms with Crippen molar-refractivity contribution in [1.29, 1.82) is 0 Å². The van der Waals surface area contributed by atoms with Crippen LogP contribution in [0.5, 0.6) is 0 Å². The van der Waals surface area contributed by atoms with E-state index < -0.39 is 0 Å². The normalized spacial score (nSPS) is 35.8. The molecule has 2 aliphatic heterocycles. The van der Waals surface area contributed by atoms with Gasteiger partial charge in [0.1, 0.15) is 0 Å². The van der Waals surface area contributed by atoms with E-state index in [2.05, 4.69) is 36.0 Å². The Hall–Kier alpha value is -0.160. The van der Waals surface area contributed by atoms with Crippen molar-refractivity contribution in [1.82, 2.24) is 15.1 Å². The maximum Gasteiger partial charge on any atom is 0.0521 e. The van der Waals surface area contributed by atoms with Gasteiger partial charge in [0, 0.05) is 50.8 Å². The molecular weight excluding hydrogens is 226 g/mol. The number of nitrogens with zero attached hydrogens (tertiary/aromatic N) is 2. The Morgan fingerprint density at radius 3 is 2.89 bits per heavy atom. The second kappa shape index (κ2) is 6.85. The van der Waals surface area contributed by atoms with Crippen molar-refractivity contribution in [3.05, 3.63) is 0 Å². The van der Waals surface area contributed by atoms with Gasteiger partial charge in [0.2, 0.25) is 0 Å². The van der Waals surface area contributed by atoms with Crippen LogP contribution in [-0.2, 0) is 4.74 Å². The van der Waals surface area contributed by atoms with Gasteiger partial charge in [-0.25, -0.2) is 0 Å². The molecule has 3 unspecified atom stereocenters. The van der Waals surface area contributed by atoms with Crippen LogP contribution in [-0.4, -0.2) is 74.9 Å². The van der Waals surface area contributed by atoms with Gasteiger partial charge in [0.25, 0.3) is 0 Å². The fraction of sp³-hybridized carbons (Fsp3) is 1.00. The summed E-state index contributed by atoms with van der Waals surface area (Å²) in [6, 6.07) is 1.33. The van der Waals surface area contributed by atoms with Crippen molar-refractivity contribution < 1.29 is 4.74 Å². The molecule has 4 nitrogen and oxygen atoms in total. The summed E-state index contributed by atoms with van der Waals surface area (Å²) < 4.78 is 5.67. The van der Waals surface area contributed by atoms with E-state index in [0.717, 1.165) is 19.8 Å². The molecule has 0 radical (unpaired) electrons. The topological polar surface area (TPSA) is 27.7 Å². The number of hydrogen-bond acceptors (Lipinski definition) is 4. The third-order valence-corrected chi connectivity index (χ3v) is 4.48. The Kier molecular flexibility index (Phi) is 5.42. The van der Waals surface area contributed by atoms with Crippen LogP contribution >= 0.6 is 0 Å². The summed E-state index contributed by atoms with van der Waals surface area (Å²) in [5, 5.41) is 3.63. The van der Waals surface area contributed by atoms with Crippen LogP contribution in [0.4, 0.5) is 0 Å². The highest BCUT2D eigenvalue weighted by molar-refractivity contribution is 4.85. The summed E-state index contributed by atoms with van der Waals surface area (Å²) in [7, 11) is 2.23. The Morgan fingerprint density at radius 1 is 1.33 bits per heavy atom. The summed E-state index contributed by atoms with van der Waals surface area (Å²) >= 11 is 0. The second-order valence-corrected chi connectivity index (χ2v) is 5.88. The van der Waals surface area contributed by atoms with Gasteiger partial charge in [0.05, 0.1) is 6.61 Å². The molecule has 0 amide bonds. The maximum absolute atomic E-state index is 5.67. The first kappa shape index (κ1) is 14.3. The highest BCUT2D eigenvalue weighted by Crippen LogP contribution is 2.18. The van der Waals surface area contributed by atoms with E-state index in [-0.39, 0.29) is 0 Å². The summed E-state index contributed by atoms with van der Waals surface area (Å²) in [6.45, 7) is 12.2. The van der Waals surface area contributed by atoms with Crippen molar-refractivity contribution >= 4 is 0 Å². The Morgan fingerprint density at radius 2 is 2.17 bits per heavy atom. The smallest absolute Gasteiger partial charge is 0.0521 e. The minimum Gasteiger partial charge on any atom is -0.381 e. The molecule has 1 N–H and O–H groups in total. The molecule has 0 aliphatic carbocycles. The summed E-state index contributed by atoms with van der Waals surface area (Å²) in [4.78, 5) is 5.07. The van der Waals surface area contributed by atoms with E-state index in [0.29, 0.717) is 18.0 Å². The van der Waals surface area contributed by atoms with Crippen molar-refractivity contribution in [3.8, 4) is 0 Å². The van der Waals surface area contributed by atoms with E-state index in [9.17, 15) is 0 Å². The fourth-order valence-corrected chi connectivity index (χ4v) is 3.13. The van der Waals surface area contributed by atoms with Crippen molar-refractivity contribution in [2.24, 2.45) is 5.92 Å². The van der Waals surface area contributed by atoms with E-state index >= 15 is 0 Å². The number of likely N-dealkylation sites (N-methyl/N-ethyl adjacent to an activating group) is 1. The van der Waals surface area contributed by atoms with Crippen LogP contribution in [0.3, 0.4) is 0 Å². The zero-order valence-electron chi connectivity index (χ0n) is 12.2. The standard InChI is InChI=1S/C14H29N3O/c1-4-15-14-5-8-18-11-13(14)10-17-7-6-16(3)12(2)9-17/h12-15H,4-11H2,1-3H3. The predicted octanol–water partition coefficient (Wildman–Crippen LogP) is 0.637. The molecule has 2 heterocycles. The first-order valence-corrected chi connectivity index (χ1v) is 7.44. The highest BCUT2D eigenvalue weighted by atomic mass is 16.5. The Bertz CT molecular complexity index is 247. The number of rotatable bonds is 4. The average molecular weight is 255 g/mol. The molecule has 0 aromatic rings. The molecule has 0 aromatic carbocycles. The minimum atomic E-state index is 0.652. The number of ether oxygens (including phenoxy) is 1. The molecule has 2 fully saturated rings. The van der Waals surface area contributed by atoms with Gasteiger partial charge in [0.15, 0.2) is 0 Å². The van der Waals surface area contributed by atoms with Gasteiger partial charge >= 0.3 is 0 Å². The summed E-state index contributed by atoms with van der Waals surface area (Å²) in [5.74, 6) is 0.661.